The minimum Gasteiger partial charge on any atom is -0.460 e. The molecule has 0 unspecified atom stereocenters. The molecule has 9 nitrogen and oxygen atoms in total. The minimum absolute atomic E-state index is 0.248. The van der Waals surface area contributed by atoms with Gasteiger partial charge >= 0.3 is 5.97 Å². The minimum atomic E-state index is -0.458. The molecule has 0 aromatic rings. The van der Waals surface area contributed by atoms with E-state index in [1.54, 1.807) is 0 Å². The average molecular weight is 478 g/mol. The number of carbonyl (C=O) groups excluding carboxylic acids is 1. The second-order valence-corrected chi connectivity index (χ2v) is 8.91. The quantitative estimate of drug-likeness (QED) is 0.183. The van der Waals surface area contributed by atoms with Crippen molar-refractivity contribution in [2.75, 3.05) is 98.9 Å². The molecule has 1 heterocycles. The molecule has 0 radical (unpaired) electrons. The Kier molecular flexibility index (Phi) is 18.8. The zero-order valence-corrected chi connectivity index (χ0v) is 21.1. The van der Waals surface area contributed by atoms with E-state index in [0.29, 0.717) is 72.7 Å². The SMILES string of the molecule is CC(C)(C)OC(=O)CCOCCOCCOCCOCCOCCOCCN1CCCCC1. The highest BCUT2D eigenvalue weighted by molar-refractivity contribution is 5.69. The van der Waals surface area contributed by atoms with Crippen molar-refractivity contribution >= 4 is 5.97 Å². The topological polar surface area (TPSA) is 84.9 Å². The highest BCUT2D eigenvalue weighted by atomic mass is 16.6. The predicted octanol–water partition coefficient (Wildman–Crippen LogP) is 2.30. The van der Waals surface area contributed by atoms with Crippen molar-refractivity contribution in [3.63, 3.8) is 0 Å². The molecule has 0 amide bonds. The molecule has 0 aromatic carbocycles. The molecule has 1 aliphatic rings. The number of esters is 1. The number of hydrogen-bond acceptors (Lipinski definition) is 9. The Hall–Kier alpha value is -0.810. The summed E-state index contributed by atoms with van der Waals surface area (Å²) in [7, 11) is 0. The van der Waals surface area contributed by atoms with Gasteiger partial charge in [0.15, 0.2) is 0 Å². The van der Waals surface area contributed by atoms with Crippen molar-refractivity contribution in [1.29, 1.82) is 0 Å². The monoisotopic (exact) mass is 477 g/mol. The lowest BCUT2D eigenvalue weighted by molar-refractivity contribution is -0.156. The molecule has 0 atom stereocenters. The van der Waals surface area contributed by atoms with Crippen molar-refractivity contribution in [2.24, 2.45) is 0 Å². The molecule has 0 saturated carbocycles. The van der Waals surface area contributed by atoms with E-state index in [1.807, 2.05) is 20.8 Å². The lowest BCUT2D eigenvalue weighted by atomic mass is 10.1. The fourth-order valence-electron chi connectivity index (χ4n) is 3.13. The maximum Gasteiger partial charge on any atom is 0.308 e. The van der Waals surface area contributed by atoms with Crippen LogP contribution in [0.4, 0.5) is 0 Å². The van der Waals surface area contributed by atoms with E-state index in [1.165, 1.54) is 32.4 Å². The summed E-state index contributed by atoms with van der Waals surface area (Å²) < 4.78 is 38.0. The Bertz CT molecular complexity index is 452. The normalized spacial score (nSPS) is 15.1. The molecule has 1 aliphatic heterocycles. The molecule has 33 heavy (non-hydrogen) atoms. The highest BCUT2D eigenvalue weighted by Crippen LogP contribution is 2.08. The maximum atomic E-state index is 11.5. The van der Waals surface area contributed by atoms with E-state index in [0.717, 1.165) is 13.2 Å². The fraction of sp³-hybridized carbons (Fsp3) is 0.958. The van der Waals surface area contributed by atoms with Gasteiger partial charge in [-0.15, -0.1) is 0 Å². The largest absolute Gasteiger partial charge is 0.460 e. The predicted molar refractivity (Wildman–Crippen MR) is 126 cm³/mol. The van der Waals surface area contributed by atoms with Gasteiger partial charge in [-0.3, -0.25) is 4.79 Å². The Morgan fingerprint density at radius 1 is 0.606 bits per heavy atom. The molecule has 0 aliphatic carbocycles. The van der Waals surface area contributed by atoms with Crippen LogP contribution in [0.25, 0.3) is 0 Å². The Morgan fingerprint density at radius 3 is 1.42 bits per heavy atom. The summed E-state index contributed by atoms with van der Waals surface area (Å²) in [6.07, 6.45) is 4.25. The molecule has 1 rings (SSSR count). The van der Waals surface area contributed by atoms with Gasteiger partial charge in [0, 0.05) is 6.54 Å². The van der Waals surface area contributed by atoms with Gasteiger partial charge in [-0.05, 0) is 46.7 Å². The van der Waals surface area contributed by atoms with Crippen LogP contribution in [0.1, 0.15) is 46.5 Å². The first-order valence-corrected chi connectivity index (χ1v) is 12.4. The molecular weight excluding hydrogens is 430 g/mol. The number of likely N-dealkylation sites (tertiary alicyclic amines) is 1. The summed E-state index contributed by atoms with van der Waals surface area (Å²) in [6, 6.07) is 0. The number of rotatable bonds is 21. The van der Waals surface area contributed by atoms with Crippen LogP contribution in [0.15, 0.2) is 0 Å². The van der Waals surface area contributed by atoms with Gasteiger partial charge in [0.2, 0.25) is 0 Å². The molecule has 9 heteroatoms. The summed E-state index contributed by atoms with van der Waals surface area (Å²) in [5, 5.41) is 0. The summed E-state index contributed by atoms with van der Waals surface area (Å²) in [6.45, 7) is 15.4. The smallest absolute Gasteiger partial charge is 0.308 e. The highest BCUT2D eigenvalue weighted by Gasteiger charge is 2.15. The van der Waals surface area contributed by atoms with E-state index in [-0.39, 0.29) is 12.4 Å². The molecule has 0 N–H and O–H groups in total. The van der Waals surface area contributed by atoms with E-state index >= 15 is 0 Å². The van der Waals surface area contributed by atoms with E-state index in [4.69, 9.17) is 33.2 Å². The molecular formula is C24H47NO8. The Balaban J connectivity index is 1.68. The third-order valence-corrected chi connectivity index (χ3v) is 4.73. The van der Waals surface area contributed by atoms with Crippen LogP contribution in [0.5, 0.6) is 0 Å². The van der Waals surface area contributed by atoms with Crippen LogP contribution in [0.3, 0.4) is 0 Å². The second kappa shape index (κ2) is 20.6. The number of piperidine rings is 1. The zero-order chi connectivity index (χ0) is 24.0. The second-order valence-electron chi connectivity index (χ2n) is 8.91. The third kappa shape index (κ3) is 21.5. The maximum absolute atomic E-state index is 11.5. The lowest BCUT2D eigenvalue weighted by Crippen LogP contribution is -2.32. The number of carbonyl (C=O) groups is 1. The molecule has 0 aromatic heterocycles. The molecule has 0 bridgehead atoms. The van der Waals surface area contributed by atoms with Crippen LogP contribution in [-0.2, 0) is 38.0 Å². The van der Waals surface area contributed by atoms with Gasteiger partial charge in [0.1, 0.15) is 5.60 Å². The van der Waals surface area contributed by atoms with Crippen LogP contribution < -0.4 is 0 Å². The van der Waals surface area contributed by atoms with E-state index in [9.17, 15) is 4.79 Å². The zero-order valence-electron chi connectivity index (χ0n) is 21.1. The van der Waals surface area contributed by atoms with Crippen LogP contribution >= 0.6 is 0 Å². The van der Waals surface area contributed by atoms with Gasteiger partial charge in [-0.25, -0.2) is 0 Å². The van der Waals surface area contributed by atoms with Crippen LogP contribution in [0, 0.1) is 0 Å². The van der Waals surface area contributed by atoms with Crippen molar-refractivity contribution in [3.8, 4) is 0 Å². The van der Waals surface area contributed by atoms with Crippen molar-refractivity contribution in [3.05, 3.63) is 0 Å². The first-order valence-electron chi connectivity index (χ1n) is 12.4. The van der Waals surface area contributed by atoms with Crippen LogP contribution in [0.2, 0.25) is 0 Å². The number of ether oxygens (including phenoxy) is 7. The van der Waals surface area contributed by atoms with Gasteiger partial charge in [-0.1, -0.05) is 6.42 Å². The van der Waals surface area contributed by atoms with Crippen molar-refractivity contribution < 1.29 is 38.0 Å². The molecule has 0 spiro atoms. The third-order valence-electron chi connectivity index (χ3n) is 4.73. The summed E-state index contributed by atoms with van der Waals surface area (Å²) >= 11 is 0. The first-order chi connectivity index (χ1) is 16.0. The van der Waals surface area contributed by atoms with Crippen molar-refractivity contribution in [1.82, 2.24) is 4.90 Å². The van der Waals surface area contributed by atoms with Gasteiger partial charge in [0.05, 0.1) is 85.7 Å². The standard InChI is InChI=1S/C24H47NO8/c1-24(2,3)33-23(26)7-11-27-13-15-29-17-19-31-21-22-32-20-18-30-16-14-28-12-10-25-8-5-4-6-9-25/h4-22H2,1-3H3. The fourth-order valence-corrected chi connectivity index (χ4v) is 3.13. The summed E-state index contributed by atoms with van der Waals surface area (Å²) in [5.74, 6) is -0.252. The van der Waals surface area contributed by atoms with Gasteiger partial charge in [0.25, 0.3) is 0 Å². The van der Waals surface area contributed by atoms with Gasteiger partial charge < -0.3 is 38.1 Å². The first kappa shape index (κ1) is 30.2. The van der Waals surface area contributed by atoms with Crippen molar-refractivity contribution in [2.45, 2.75) is 52.1 Å². The van der Waals surface area contributed by atoms with Crippen LogP contribution in [-0.4, -0.2) is 115 Å². The van der Waals surface area contributed by atoms with Gasteiger partial charge in [-0.2, -0.15) is 0 Å². The average Bonchev–Trinajstić information content (AvgIpc) is 2.77. The Morgan fingerprint density at radius 2 is 1.00 bits per heavy atom. The lowest BCUT2D eigenvalue weighted by Gasteiger charge is -2.26. The van der Waals surface area contributed by atoms with E-state index < -0.39 is 5.60 Å². The summed E-state index contributed by atoms with van der Waals surface area (Å²) in [5.41, 5.74) is -0.458. The number of nitrogens with zero attached hydrogens (tertiary/aromatic N) is 1. The molecule has 196 valence electrons. The number of hydrogen-bond donors (Lipinski definition) is 0. The molecule has 1 saturated heterocycles. The summed E-state index contributed by atoms with van der Waals surface area (Å²) in [4.78, 5) is 14.0. The van der Waals surface area contributed by atoms with E-state index in [2.05, 4.69) is 4.90 Å². The Labute approximate surface area is 200 Å². The molecule has 1 fully saturated rings.